The molecule has 1 aliphatic heterocycles. The Morgan fingerprint density at radius 2 is 1.92 bits per heavy atom. The van der Waals surface area contributed by atoms with Crippen molar-refractivity contribution in [1.29, 1.82) is 0 Å². The van der Waals surface area contributed by atoms with E-state index in [0.29, 0.717) is 6.10 Å². The first-order valence-corrected chi connectivity index (χ1v) is 4.91. The van der Waals surface area contributed by atoms with Crippen LogP contribution in [0.3, 0.4) is 0 Å². The van der Waals surface area contributed by atoms with Gasteiger partial charge in [-0.3, -0.25) is 0 Å². The van der Waals surface area contributed by atoms with E-state index >= 15 is 0 Å². The van der Waals surface area contributed by atoms with Gasteiger partial charge in [0.1, 0.15) is 0 Å². The highest BCUT2D eigenvalue weighted by Gasteiger charge is 2.37. The standard InChI is InChI=1S/C10H20O2/c1-5-6-7-9-8(2)11-10(3,4)12-9/h8-9H,5-7H2,1-4H3/t8-,9-/m0/s1. The molecule has 0 aromatic rings. The Balaban J connectivity index is 2.36. The topological polar surface area (TPSA) is 18.5 Å². The molecule has 0 N–H and O–H groups in total. The first-order valence-electron chi connectivity index (χ1n) is 4.91. The zero-order chi connectivity index (χ0) is 9.19. The minimum atomic E-state index is -0.363. The minimum Gasteiger partial charge on any atom is -0.345 e. The first-order chi connectivity index (χ1) is 5.55. The summed E-state index contributed by atoms with van der Waals surface area (Å²) < 4.78 is 11.4. The summed E-state index contributed by atoms with van der Waals surface area (Å²) in [6.07, 6.45) is 4.15. The van der Waals surface area contributed by atoms with Crippen LogP contribution in [0.25, 0.3) is 0 Å². The van der Waals surface area contributed by atoms with Gasteiger partial charge in [0.25, 0.3) is 0 Å². The zero-order valence-electron chi connectivity index (χ0n) is 8.59. The lowest BCUT2D eigenvalue weighted by atomic mass is 10.1. The Labute approximate surface area is 75.2 Å². The van der Waals surface area contributed by atoms with Crippen LogP contribution in [0.5, 0.6) is 0 Å². The summed E-state index contributed by atoms with van der Waals surface area (Å²) in [5.74, 6) is -0.363. The Hall–Kier alpha value is -0.0800. The van der Waals surface area contributed by atoms with E-state index in [0.717, 1.165) is 6.42 Å². The van der Waals surface area contributed by atoms with E-state index < -0.39 is 0 Å². The molecule has 0 radical (unpaired) electrons. The predicted octanol–water partition coefficient (Wildman–Crippen LogP) is 2.72. The van der Waals surface area contributed by atoms with Gasteiger partial charge in [-0.2, -0.15) is 0 Å². The van der Waals surface area contributed by atoms with E-state index in [4.69, 9.17) is 9.47 Å². The van der Waals surface area contributed by atoms with E-state index in [1.807, 2.05) is 13.8 Å². The lowest BCUT2D eigenvalue weighted by molar-refractivity contribution is -0.145. The molecule has 0 spiro atoms. The van der Waals surface area contributed by atoms with Crippen molar-refractivity contribution in [1.82, 2.24) is 0 Å². The van der Waals surface area contributed by atoms with E-state index in [1.54, 1.807) is 0 Å². The van der Waals surface area contributed by atoms with Crippen LogP contribution in [-0.4, -0.2) is 18.0 Å². The van der Waals surface area contributed by atoms with Crippen molar-refractivity contribution in [3.05, 3.63) is 0 Å². The van der Waals surface area contributed by atoms with Crippen molar-refractivity contribution in [2.75, 3.05) is 0 Å². The van der Waals surface area contributed by atoms with E-state index in [-0.39, 0.29) is 11.9 Å². The molecular weight excluding hydrogens is 152 g/mol. The van der Waals surface area contributed by atoms with Crippen LogP contribution in [-0.2, 0) is 9.47 Å². The Kier molecular flexibility index (Phi) is 3.13. The molecule has 1 heterocycles. The molecule has 0 unspecified atom stereocenters. The molecule has 2 nitrogen and oxygen atoms in total. The summed E-state index contributed by atoms with van der Waals surface area (Å²) in [6.45, 7) is 8.26. The number of unbranched alkanes of at least 4 members (excludes halogenated alkanes) is 1. The molecular formula is C10H20O2. The summed E-state index contributed by atoms with van der Waals surface area (Å²) in [4.78, 5) is 0. The van der Waals surface area contributed by atoms with Crippen LogP contribution in [0, 0.1) is 0 Å². The fraction of sp³-hybridized carbons (Fsp3) is 1.00. The van der Waals surface area contributed by atoms with Crippen molar-refractivity contribution >= 4 is 0 Å². The molecule has 1 saturated heterocycles. The maximum atomic E-state index is 5.74. The van der Waals surface area contributed by atoms with Gasteiger partial charge in [-0.05, 0) is 27.2 Å². The highest BCUT2D eigenvalue weighted by molar-refractivity contribution is 4.77. The van der Waals surface area contributed by atoms with Gasteiger partial charge in [0.15, 0.2) is 5.79 Å². The highest BCUT2D eigenvalue weighted by atomic mass is 16.7. The van der Waals surface area contributed by atoms with E-state index in [9.17, 15) is 0 Å². The molecule has 2 atom stereocenters. The van der Waals surface area contributed by atoms with Crippen LogP contribution in [0.2, 0.25) is 0 Å². The monoisotopic (exact) mass is 172 g/mol. The average Bonchev–Trinajstić information content (AvgIpc) is 2.20. The second-order valence-electron chi connectivity index (χ2n) is 4.02. The SMILES string of the molecule is CCCC[C@@H]1OC(C)(C)O[C@H]1C. The first kappa shape index (κ1) is 10.0. The minimum absolute atomic E-state index is 0.256. The van der Waals surface area contributed by atoms with Crippen LogP contribution in [0.1, 0.15) is 47.0 Å². The summed E-state index contributed by atoms with van der Waals surface area (Å²) in [6, 6.07) is 0. The second-order valence-corrected chi connectivity index (χ2v) is 4.02. The quantitative estimate of drug-likeness (QED) is 0.651. The molecule has 0 bridgehead atoms. The Morgan fingerprint density at radius 3 is 2.33 bits per heavy atom. The second kappa shape index (κ2) is 3.75. The molecule has 72 valence electrons. The molecule has 0 aromatic carbocycles. The third-order valence-corrected chi connectivity index (χ3v) is 2.27. The van der Waals surface area contributed by atoms with Crippen LogP contribution < -0.4 is 0 Å². The fourth-order valence-electron chi connectivity index (χ4n) is 1.71. The lowest BCUT2D eigenvalue weighted by Gasteiger charge is -2.16. The van der Waals surface area contributed by atoms with Crippen molar-refractivity contribution in [2.24, 2.45) is 0 Å². The molecule has 1 rings (SSSR count). The summed E-state index contributed by atoms with van der Waals surface area (Å²) in [5, 5.41) is 0. The van der Waals surface area contributed by atoms with Gasteiger partial charge in [0.05, 0.1) is 12.2 Å². The van der Waals surface area contributed by atoms with Crippen LogP contribution >= 0.6 is 0 Å². The fourth-order valence-corrected chi connectivity index (χ4v) is 1.71. The van der Waals surface area contributed by atoms with Crippen molar-refractivity contribution in [2.45, 2.75) is 65.0 Å². The van der Waals surface area contributed by atoms with Gasteiger partial charge in [-0.15, -0.1) is 0 Å². The van der Waals surface area contributed by atoms with Crippen LogP contribution in [0.4, 0.5) is 0 Å². The average molecular weight is 172 g/mol. The van der Waals surface area contributed by atoms with Crippen molar-refractivity contribution < 1.29 is 9.47 Å². The van der Waals surface area contributed by atoms with Gasteiger partial charge >= 0.3 is 0 Å². The zero-order valence-corrected chi connectivity index (χ0v) is 8.59. The van der Waals surface area contributed by atoms with E-state index in [1.165, 1.54) is 12.8 Å². The third kappa shape index (κ3) is 2.46. The van der Waals surface area contributed by atoms with Crippen molar-refractivity contribution in [3.8, 4) is 0 Å². The summed E-state index contributed by atoms with van der Waals surface area (Å²) >= 11 is 0. The molecule has 1 aliphatic rings. The maximum absolute atomic E-state index is 5.74. The van der Waals surface area contributed by atoms with Gasteiger partial charge in [-0.1, -0.05) is 19.8 Å². The summed E-state index contributed by atoms with van der Waals surface area (Å²) in [7, 11) is 0. The third-order valence-electron chi connectivity index (χ3n) is 2.27. The highest BCUT2D eigenvalue weighted by Crippen LogP contribution is 2.30. The van der Waals surface area contributed by atoms with Gasteiger partial charge in [-0.25, -0.2) is 0 Å². The Bertz CT molecular complexity index is 143. The number of ether oxygens (including phenoxy) is 2. The Morgan fingerprint density at radius 1 is 1.25 bits per heavy atom. The lowest BCUT2D eigenvalue weighted by Crippen LogP contribution is -2.21. The summed E-state index contributed by atoms with van der Waals surface area (Å²) in [5.41, 5.74) is 0. The molecule has 1 fully saturated rings. The maximum Gasteiger partial charge on any atom is 0.163 e. The normalized spacial score (nSPS) is 34.0. The predicted molar refractivity (Wildman–Crippen MR) is 49.0 cm³/mol. The van der Waals surface area contributed by atoms with Gasteiger partial charge < -0.3 is 9.47 Å². The molecule has 12 heavy (non-hydrogen) atoms. The smallest absolute Gasteiger partial charge is 0.163 e. The largest absolute Gasteiger partial charge is 0.345 e. The van der Waals surface area contributed by atoms with Gasteiger partial charge in [0.2, 0.25) is 0 Å². The van der Waals surface area contributed by atoms with Crippen LogP contribution in [0.15, 0.2) is 0 Å². The van der Waals surface area contributed by atoms with E-state index in [2.05, 4.69) is 13.8 Å². The molecule has 0 saturated carbocycles. The number of hydrogen-bond donors (Lipinski definition) is 0. The van der Waals surface area contributed by atoms with Crippen molar-refractivity contribution in [3.63, 3.8) is 0 Å². The molecule has 0 aromatic heterocycles. The molecule has 2 heteroatoms. The number of hydrogen-bond acceptors (Lipinski definition) is 2. The number of rotatable bonds is 3. The molecule has 0 aliphatic carbocycles. The molecule has 0 amide bonds. The van der Waals surface area contributed by atoms with Gasteiger partial charge in [0, 0.05) is 0 Å².